The van der Waals surface area contributed by atoms with Crippen LogP contribution in [0.15, 0.2) is 22.7 Å². The first-order chi connectivity index (χ1) is 6.72. The van der Waals surface area contributed by atoms with Gasteiger partial charge in [-0.1, -0.05) is 27.2 Å². The molecule has 0 radical (unpaired) electrons. The molecule has 4 nitrogen and oxygen atoms in total. The minimum Gasteiger partial charge on any atom is -0.475 e. The fraction of sp³-hybridized carbons (Fsp3) is 0.111. The first-order valence-corrected chi connectivity index (χ1v) is 5.02. The van der Waals surface area contributed by atoms with E-state index in [2.05, 4.69) is 21.1 Å². The summed E-state index contributed by atoms with van der Waals surface area (Å²) in [6.07, 6.45) is 0. The molecule has 0 aliphatic carbocycles. The molecule has 0 fully saturated rings. The first kappa shape index (κ1) is 9.21. The SMILES string of the molecule is O=C(O)c1onc2ccc(CBr)cc12. The van der Waals surface area contributed by atoms with Gasteiger partial charge < -0.3 is 9.63 Å². The lowest BCUT2D eigenvalue weighted by molar-refractivity contribution is 0.0655. The third-order valence-electron chi connectivity index (χ3n) is 1.89. The number of carbonyl (C=O) groups is 1. The highest BCUT2D eigenvalue weighted by Gasteiger charge is 2.15. The lowest BCUT2D eigenvalue weighted by Gasteiger charge is -1.93. The van der Waals surface area contributed by atoms with Crippen LogP contribution in [0.1, 0.15) is 16.1 Å². The summed E-state index contributed by atoms with van der Waals surface area (Å²) in [4.78, 5) is 10.7. The summed E-state index contributed by atoms with van der Waals surface area (Å²) in [6.45, 7) is 0. The Balaban J connectivity index is 2.69. The molecular formula is C9H6BrNO3. The number of alkyl halides is 1. The molecular weight excluding hydrogens is 250 g/mol. The van der Waals surface area contributed by atoms with Crippen molar-refractivity contribution in [2.45, 2.75) is 5.33 Å². The van der Waals surface area contributed by atoms with E-state index >= 15 is 0 Å². The maximum atomic E-state index is 10.7. The van der Waals surface area contributed by atoms with Gasteiger partial charge in [-0.15, -0.1) is 0 Å². The number of benzene rings is 1. The Morgan fingerprint density at radius 1 is 1.57 bits per heavy atom. The number of aromatic nitrogens is 1. The number of carboxylic acids is 1. The molecule has 14 heavy (non-hydrogen) atoms. The van der Waals surface area contributed by atoms with Gasteiger partial charge in [0.25, 0.3) is 5.76 Å². The van der Waals surface area contributed by atoms with E-state index in [1.54, 1.807) is 12.1 Å². The molecule has 0 amide bonds. The van der Waals surface area contributed by atoms with Crippen molar-refractivity contribution in [3.05, 3.63) is 29.5 Å². The topological polar surface area (TPSA) is 63.3 Å². The van der Waals surface area contributed by atoms with Crippen LogP contribution in [0.5, 0.6) is 0 Å². The standard InChI is InChI=1S/C9H6BrNO3/c10-4-5-1-2-7-6(3-5)8(9(12)13)14-11-7/h1-3H,4H2,(H,12,13). The lowest BCUT2D eigenvalue weighted by Crippen LogP contribution is -1.93. The van der Waals surface area contributed by atoms with Gasteiger partial charge in [-0.05, 0) is 17.7 Å². The summed E-state index contributed by atoms with van der Waals surface area (Å²) < 4.78 is 4.71. The van der Waals surface area contributed by atoms with Gasteiger partial charge in [0.15, 0.2) is 0 Å². The zero-order valence-electron chi connectivity index (χ0n) is 7.03. The summed E-state index contributed by atoms with van der Waals surface area (Å²) in [5, 5.41) is 13.6. The molecule has 72 valence electrons. The average molecular weight is 256 g/mol. The number of nitrogens with zero attached hydrogens (tertiary/aromatic N) is 1. The summed E-state index contributed by atoms with van der Waals surface area (Å²) in [7, 11) is 0. The van der Waals surface area contributed by atoms with Crippen molar-refractivity contribution in [2.75, 3.05) is 0 Å². The van der Waals surface area contributed by atoms with Crippen molar-refractivity contribution < 1.29 is 14.4 Å². The van der Waals surface area contributed by atoms with Crippen molar-refractivity contribution in [3.8, 4) is 0 Å². The van der Waals surface area contributed by atoms with Crippen molar-refractivity contribution in [2.24, 2.45) is 0 Å². The molecule has 0 saturated heterocycles. The second kappa shape index (κ2) is 3.42. The molecule has 0 spiro atoms. The van der Waals surface area contributed by atoms with Crippen LogP contribution < -0.4 is 0 Å². The molecule has 5 heteroatoms. The van der Waals surface area contributed by atoms with Crippen LogP contribution in [0, 0.1) is 0 Å². The number of rotatable bonds is 2. The molecule has 0 saturated carbocycles. The number of aromatic carboxylic acids is 1. The molecule has 1 N–H and O–H groups in total. The van der Waals surface area contributed by atoms with E-state index in [1.807, 2.05) is 6.07 Å². The normalized spacial score (nSPS) is 10.6. The molecule has 0 aliphatic rings. The second-order valence-corrected chi connectivity index (χ2v) is 3.36. The van der Waals surface area contributed by atoms with Crippen molar-refractivity contribution in [1.82, 2.24) is 5.16 Å². The molecule has 1 aromatic carbocycles. The highest BCUT2D eigenvalue weighted by molar-refractivity contribution is 9.08. The van der Waals surface area contributed by atoms with Gasteiger partial charge in [0.2, 0.25) is 0 Å². The van der Waals surface area contributed by atoms with E-state index in [1.165, 1.54) is 0 Å². The summed E-state index contributed by atoms with van der Waals surface area (Å²) in [6, 6.07) is 5.36. The van der Waals surface area contributed by atoms with Crippen molar-refractivity contribution >= 4 is 32.8 Å². The summed E-state index contributed by atoms with van der Waals surface area (Å²) in [5.41, 5.74) is 1.55. The Kier molecular flexibility index (Phi) is 2.25. The van der Waals surface area contributed by atoms with E-state index in [0.717, 1.165) is 5.56 Å². The molecule has 0 bridgehead atoms. The molecule has 1 heterocycles. The van der Waals surface area contributed by atoms with Crippen LogP contribution >= 0.6 is 15.9 Å². The Hall–Kier alpha value is -1.36. The van der Waals surface area contributed by atoms with Crippen LogP contribution in [0.25, 0.3) is 10.9 Å². The van der Waals surface area contributed by atoms with Gasteiger partial charge in [0.1, 0.15) is 5.52 Å². The van der Waals surface area contributed by atoms with Gasteiger partial charge in [-0.25, -0.2) is 4.79 Å². The number of hydrogen-bond donors (Lipinski definition) is 1. The quantitative estimate of drug-likeness (QED) is 0.838. The number of hydrogen-bond acceptors (Lipinski definition) is 3. The van der Waals surface area contributed by atoms with E-state index in [-0.39, 0.29) is 5.76 Å². The maximum absolute atomic E-state index is 10.7. The zero-order chi connectivity index (χ0) is 10.1. The number of halogens is 1. The largest absolute Gasteiger partial charge is 0.475 e. The Labute approximate surface area is 87.6 Å². The van der Waals surface area contributed by atoms with E-state index < -0.39 is 5.97 Å². The maximum Gasteiger partial charge on any atom is 0.375 e. The highest BCUT2D eigenvalue weighted by Crippen LogP contribution is 2.20. The van der Waals surface area contributed by atoms with Crippen LogP contribution in [-0.4, -0.2) is 16.2 Å². The number of fused-ring (bicyclic) bond motifs is 1. The van der Waals surface area contributed by atoms with Crippen LogP contribution in [0.4, 0.5) is 0 Å². The van der Waals surface area contributed by atoms with Gasteiger partial charge in [0, 0.05) is 5.33 Å². The fourth-order valence-electron chi connectivity index (χ4n) is 1.23. The molecule has 2 aromatic rings. The van der Waals surface area contributed by atoms with E-state index in [4.69, 9.17) is 9.63 Å². The lowest BCUT2D eigenvalue weighted by atomic mass is 10.1. The molecule has 2 rings (SSSR count). The third kappa shape index (κ3) is 1.39. The summed E-state index contributed by atoms with van der Waals surface area (Å²) >= 11 is 3.29. The van der Waals surface area contributed by atoms with Crippen molar-refractivity contribution in [1.29, 1.82) is 0 Å². The number of carboxylic acid groups (broad SMARTS) is 1. The predicted octanol–water partition coefficient (Wildman–Crippen LogP) is 2.42. The highest BCUT2D eigenvalue weighted by atomic mass is 79.9. The monoisotopic (exact) mass is 255 g/mol. The van der Waals surface area contributed by atoms with Crippen LogP contribution in [0.2, 0.25) is 0 Å². The van der Waals surface area contributed by atoms with E-state index in [0.29, 0.717) is 16.2 Å². The fourth-order valence-corrected chi connectivity index (χ4v) is 1.57. The molecule has 0 unspecified atom stereocenters. The Morgan fingerprint density at radius 3 is 3.00 bits per heavy atom. The predicted molar refractivity (Wildman–Crippen MR) is 53.6 cm³/mol. The molecule has 0 aliphatic heterocycles. The Morgan fingerprint density at radius 2 is 2.36 bits per heavy atom. The third-order valence-corrected chi connectivity index (χ3v) is 2.54. The summed E-state index contributed by atoms with van der Waals surface area (Å²) in [5.74, 6) is -1.21. The smallest absolute Gasteiger partial charge is 0.375 e. The van der Waals surface area contributed by atoms with Crippen LogP contribution in [-0.2, 0) is 5.33 Å². The Bertz CT molecular complexity index is 492. The van der Waals surface area contributed by atoms with E-state index in [9.17, 15) is 4.79 Å². The molecule has 0 atom stereocenters. The van der Waals surface area contributed by atoms with Gasteiger partial charge in [-0.2, -0.15) is 0 Å². The minimum atomic E-state index is -1.10. The van der Waals surface area contributed by atoms with Gasteiger partial charge in [-0.3, -0.25) is 0 Å². The second-order valence-electron chi connectivity index (χ2n) is 2.80. The first-order valence-electron chi connectivity index (χ1n) is 3.90. The van der Waals surface area contributed by atoms with Gasteiger partial charge >= 0.3 is 5.97 Å². The van der Waals surface area contributed by atoms with Crippen molar-refractivity contribution in [3.63, 3.8) is 0 Å². The zero-order valence-corrected chi connectivity index (χ0v) is 8.61. The molecule has 1 aromatic heterocycles. The minimum absolute atomic E-state index is 0.109. The average Bonchev–Trinajstić information content (AvgIpc) is 2.59. The van der Waals surface area contributed by atoms with Gasteiger partial charge in [0.05, 0.1) is 5.39 Å². The van der Waals surface area contributed by atoms with Crippen LogP contribution in [0.3, 0.4) is 0 Å².